The van der Waals surface area contributed by atoms with Gasteiger partial charge in [-0.05, 0) is 79.2 Å². The van der Waals surface area contributed by atoms with Crippen LogP contribution in [0.25, 0.3) is 11.0 Å². The van der Waals surface area contributed by atoms with Crippen LogP contribution in [0.4, 0.5) is 4.79 Å². The minimum Gasteiger partial charge on any atom is -0.480 e. The zero-order valence-electron chi connectivity index (χ0n) is 22.6. The Morgan fingerprint density at radius 3 is 2.45 bits per heavy atom. The van der Waals surface area contributed by atoms with E-state index >= 15 is 0 Å². The summed E-state index contributed by atoms with van der Waals surface area (Å²) >= 11 is 3.62. The number of alkyl carbamates (subject to hydrolysis) is 1. The van der Waals surface area contributed by atoms with Crippen LogP contribution in [0.5, 0.6) is 11.5 Å². The van der Waals surface area contributed by atoms with Crippen LogP contribution in [0.15, 0.2) is 47.2 Å². The molecule has 0 spiro atoms. The third-order valence-electron chi connectivity index (χ3n) is 5.32. The maximum Gasteiger partial charge on any atom is 0.408 e. The summed E-state index contributed by atoms with van der Waals surface area (Å²) in [6.07, 6.45) is 9.74. The van der Waals surface area contributed by atoms with Crippen LogP contribution < -0.4 is 10.1 Å². The number of aromatic nitrogens is 2. The van der Waals surface area contributed by atoms with Crippen LogP contribution in [0, 0.1) is 0 Å². The second-order valence-corrected chi connectivity index (χ2v) is 16.2. The van der Waals surface area contributed by atoms with Crippen LogP contribution in [-0.2, 0) is 27.4 Å². The van der Waals surface area contributed by atoms with E-state index in [9.17, 15) is 14.7 Å². The molecule has 0 bridgehead atoms. The summed E-state index contributed by atoms with van der Waals surface area (Å²) < 4.78 is 20.0. The topological polar surface area (TPSA) is 112 Å². The van der Waals surface area contributed by atoms with Crippen molar-refractivity contribution >= 4 is 49.1 Å². The molecule has 3 aromatic rings. The van der Waals surface area contributed by atoms with Crippen LogP contribution >= 0.6 is 26.0 Å². The van der Waals surface area contributed by atoms with Gasteiger partial charge in [0, 0.05) is 29.0 Å². The van der Waals surface area contributed by atoms with Crippen LogP contribution in [0.1, 0.15) is 26.3 Å². The van der Waals surface area contributed by atoms with E-state index in [1.165, 1.54) is 0 Å². The lowest BCUT2D eigenvalue weighted by Crippen LogP contribution is -2.44. The van der Waals surface area contributed by atoms with Crippen molar-refractivity contribution in [3.8, 4) is 11.5 Å². The Morgan fingerprint density at radius 2 is 1.84 bits per heavy atom. The van der Waals surface area contributed by atoms with Gasteiger partial charge in [0.15, 0.2) is 0 Å². The Kier molecular flexibility index (Phi) is 9.72. The Hall–Kier alpha value is -2.76. The zero-order valence-corrected chi connectivity index (χ0v) is 25.0. The molecule has 1 amide bonds. The molecule has 0 aliphatic carbocycles. The van der Waals surface area contributed by atoms with Gasteiger partial charge < -0.3 is 29.2 Å². The summed E-state index contributed by atoms with van der Waals surface area (Å²) in [5.74, 6) is 1.10. The summed E-state index contributed by atoms with van der Waals surface area (Å²) in [7, 11) is -0.616. The lowest BCUT2D eigenvalue weighted by Gasteiger charge is -2.24. The van der Waals surface area contributed by atoms with Crippen molar-refractivity contribution < 1.29 is 28.9 Å². The molecule has 38 heavy (non-hydrogen) atoms. The van der Waals surface area contributed by atoms with Crippen molar-refractivity contribution in [1.29, 1.82) is 0 Å². The van der Waals surface area contributed by atoms with Crippen molar-refractivity contribution in [1.82, 2.24) is 14.9 Å². The fraction of sp³-hybridized carbons (Fsp3) is 0.444. The fourth-order valence-electron chi connectivity index (χ4n) is 3.50. The SMILES string of the molecule is CC(C)(C)OC(=O)N[C@@H](Cc1ccc(Oc2ccnc3c2c(Br)cn3COCCS(C)(C)C)cc1)C(=O)O. The molecular formula is C27H36BrN3O6S. The lowest BCUT2D eigenvalue weighted by atomic mass is 10.1. The van der Waals surface area contributed by atoms with Crippen molar-refractivity contribution in [2.45, 2.75) is 45.6 Å². The highest BCUT2D eigenvalue weighted by molar-refractivity contribution is 9.10. The molecule has 0 aliphatic heterocycles. The van der Waals surface area contributed by atoms with Gasteiger partial charge in [-0.1, -0.05) is 12.1 Å². The Morgan fingerprint density at radius 1 is 1.16 bits per heavy atom. The smallest absolute Gasteiger partial charge is 0.408 e. The molecule has 0 saturated heterocycles. The minimum atomic E-state index is -1.15. The van der Waals surface area contributed by atoms with Crippen molar-refractivity contribution in [3.05, 3.63) is 52.8 Å². The predicted molar refractivity (Wildman–Crippen MR) is 155 cm³/mol. The molecule has 9 nitrogen and oxygen atoms in total. The summed E-state index contributed by atoms with van der Waals surface area (Å²) in [6.45, 7) is 6.23. The third kappa shape index (κ3) is 8.92. The molecule has 11 heteroatoms. The number of fused-ring (bicyclic) bond motifs is 1. The van der Waals surface area contributed by atoms with Gasteiger partial charge in [0.2, 0.25) is 0 Å². The fourth-order valence-corrected chi connectivity index (χ4v) is 4.74. The van der Waals surface area contributed by atoms with Gasteiger partial charge in [0.05, 0.1) is 12.0 Å². The second kappa shape index (κ2) is 12.4. The molecule has 0 aliphatic rings. The monoisotopic (exact) mass is 609 g/mol. The number of carboxylic acid groups (broad SMARTS) is 1. The van der Waals surface area contributed by atoms with E-state index < -0.39 is 33.7 Å². The number of amides is 1. The molecule has 1 atom stereocenters. The van der Waals surface area contributed by atoms with E-state index in [0.717, 1.165) is 26.8 Å². The molecule has 2 aromatic heterocycles. The number of nitrogens with zero attached hydrogens (tertiary/aromatic N) is 2. The number of nitrogens with one attached hydrogen (secondary N) is 1. The second-order valence-electron chi connectivity index (χ2n) is 10.8. The number of ether oxygens (including phenoxy) is 3. The molecule has 0 fully saturated rings. The van der Waals surface area contributed by atoms with Gasteiger partial charge in [-0.15, -0.1) is 0 Å². The van der Waals surface area contributed by atoms with Crippen LogP contribution in [0.2, 0.25) is 0 Å². The average Bonchev–Trinajstić information content (AvgIpc) is 3.12. The molecule has 0 radical (unpaired) electrons. The molecule has 208 valence electrons. The summed E-state index contributed by atoms with van der Waals surface area (Å²) in [5, 5.41) is 12.8. The van der Waals surface area contributed by atoms with E-state index in [4.69, 9.17) is 14.2 Å². The average molecular weight is 611 g/mol. The largest absolute Gasteiger partial charge is 0.480 e. The van der Waals surface area contributed by atoms with Gasteiger partial charge in [-0.25, -0.2) is 24.6 Å². The molecule has 3 rings (SSSR count). The number of carboxylic acids is 1. The van der Waals surface area contributed by atoms with Crippen LogP contribution in [-0.4, -0.2) is 69.5 Å². The van der Waals surface area contributed by atoms with Gasteiger partial charge in [-0.3, -0.25) is 0 Å². The summed E-state index contributed by atoms with van der Waals surface area (Å²) in [6, 6.07) is 7.73. The number of carbonyl (C=O) groups excluding carboxylic acids is 1. The van der Waals surface area contributed by atoms with E-state index in [-0.39, 0.29) is 6.42 Å². The van der Waals surface area contributed by atoms with E-state index in [1.54, 1.807) is 57.3 Å². The highest BCUT2D eigenvalue weighted by Gasteiger charge is 2.24. The number of carbonyl (C=O) groups is 2. The van der Waals surface area contributed by atoms with Gasteiger partial charge >= 0.3 is 12.1 Å². The van der Waals surface area contributed by atoms with Crippen LogP contribution in [0.3, 0.4) is 0 Å². The minimum absolute atomic E-state index is 0.0967. The van der Waals surface area contributed by atoms with E-state index in [2.05, 4.69) is 45.0 Å². The number of halogens is 1. The van der Waals surface area contributed by atoms with Crippen molar-refractivity contribution in [2.75, 3.05) is 31.1 Å². The van der Waals surface area contributed by atoms with Gasteiger partial charge in [-0.2, -0.15) is 0 Å². The standard InChI is InChI=1S/C27H36BrN3O6S/c1-27(2,3)37-26(34)30-21(25(32)33)15-18-7-9-19(10-8-18)36-22-11-12-29-24-23(22)20(28)16-31(24)17-35-13-14-38(4,5)6/h7-12,16,21H,13-15,17H2,1-6H3,(H,30,34)(H,32,33)/t21-/m0/s1. The number of hydrogen-bond acceptors (Lipinski definition) is 6. The summed E-state index contributed by atoms with van der Waals surface area (Å²) in [4.78, 5) is 28.2. The van der Waals surface area contributed by atoms with Gasteiger partial charge in [0.25, 0.3) is 0 Å². The molecular weight excluding hydrogens is 574 g/mol. The van der Waals surface area contributed by atoms with E-state index in [0.29, 0.717) is 24.8 Å². The molecule has 0 saturated carbocycles. The lowest BCUT2D eigenvalue weighted by molar-refractivity contribution is -0.139. The maximum atomic E-state index is 12.0. The third-order valence-corrected chi connectivity index (χ3v) is 7.32. The Balaban J connectivity index is 1.68. The summed E-state index contributed by atoms with van der Waals surface area (Å²) in [5.41, 5.74) is 0.745. The molecule has 0 unspecified atom stereocenters. The highest BCUT2D eigenvalue weighted by atomic mass is 79.9. The first kappa shape index (κ1) is 29.8. The van der Waals surface area contributed by atoms with E-state index in [1.807, 2.05) is 10.8 Å². The Labute approximate surface area is 233 Å². The molecule has 2 heterocycles. The van der Waals surface area contributed by atoms with Crippen molar-refractivity contribution in [2.24, 2.45) is 0 Å². The number of pyridine rings is 1. The zero-order chi connectivity index (χ0) is 28.1. The number of hydrogen-bond donors (Lipinski definition) is 2. The Bertz CT molecular complexity index is 1260. The molecule has 2 N–H and O–H groups in total. The first-order valence-electron chi connectivity index (χ1n) is 12.1. The van der Waals surface area contributed by atoms with Gasteiger partial charge in [0.1, 0.15) is 35.5 Å². The van der Waals surface area contributed by atoms with Crippen molar-refractivity contribution in [3.63, 3.8) is 0 Å². The highest BCUT2D eigenvalue weighted by Crippen LogP contribution is 2.36. The first-order chi connectivity index (χ1) is 17.7. The maximum absolute atomic E-state index is 12.0. The quantitative estimate of drug-likeness (QED) is 0.265. The number of aliphatic carboxylic acids is 1. The number of rotatable bonds is 11. The molecule has 1 aromatic carbocycles. The predicted octanol–water partition coefficient (Wildman–Crippen LogP) is 5.78. The normalized spacial score (nSPS) is 13.2. The number of benzene rings is 1. The first-order valence-corrected chi connectivity index (χ1v) is 15.9.